The number of fused-ring (bicyclic) bond motifs is 4. The van der Waals surface area contributed by atoms with E-state index in [-0.39, 0.29) is 5.56 Å². The molecule has 9 heteroatoms. The normalized spacial score (nSPS) is 11.6. The highest BCUT2D eigenvalue weighted by Gasteiger charge is 2.21. The van der Waals surface area contributed by atoms with Crippen molar-refractivity contribution in [1.82, 2.24) is 24.1 Å². The van der Waals surface area contributed by atoms with Crippen LogP contribution in [0.1, 0.15) is 5.56 Å². The highest BCUT2D eigenvalue weighted by Crippen LogP contribution is 2.31. The van der Waals surface area contributed by atoms with Gasteiger partial charge in [-0.05, 0) is 48.0 Å². The Hall–Kier alpha value is -3.45. The Labute approximate surface area is 208 Å². The van der Waals surface area contributed by atoms with Gasteiger partial charge in [0.25, 0.3) is 5.56 Å². The van der Waals surface area contributed by atoms with Crippen LogP contribution in [0, 0.1) is 0 Å². The molecule has 0 amide bonds. The molecule has 0 spiro atoms. The molecular weight excluding hydrogens is 493 g/mol. The number of halogens is 3. The molecule has 3 heterocycles. The summed E-state index contributed by atoms with van der Waals surface area (Å²) < 4.78 is 3.35. The van der Waals surface area contributed by atoms with E-state index >= 15 is 0 Å². The third-order valence-corrected chi connectivity index (χ3v) is 6.65. The first kappa shape index (κ1) is 21.1. The van der Waals surface area contributed by atoms with E-state index < -0.39 is 0 Å². The minimum atomic E-state index is -0.214. The maximum Gasteiger partial charge on any atom is 0.265 e. The molecule has 0 radical (unpaired) electrons. The van der Waals surface area contributed by atoms with Crippen molar-refractivity contribution in [1.29, 1.82) is 0 Å². The monoisotopic (exact) mass is 505 g/mol. The Morgan fingerprint density at radius 1 is 0.794 bits per heavy atom. The first-order valence-corrected chi connectivity index (χ1v) is 11.5. The maximum absolute atomic E-state index is 13.7. The van der Waals surface area contributed by atoms with E-state index in [0.29, 0.717) is 60.5 Å². The molecule has 0 aliphatic rings. The smallest absolute Gasteiger partial charge is 0.265 e. The minimum Gasteiger partial charge on any atom is -0.294 e. The second-order valence-corrected chi connectivity index (χ2v) is 9.07. The lowest BCUT2D eigenvalue weighted by atomic mass is 10.2. The van der Waals surface area contributed by atoms with E-state index in [1.807, 2.05) is 42.5 Å². The molecule has 0 saturated carbocycles. The van der Waals surface area contributed by atoms with E-state index in [1.54, 1.807) is 33.4 Å². The van der Waals surface area contributed by atoms with Crippen molar-refractivity contribution in [3.63, 3.8) is 0 Å². The van der Waals surface area contributed by atoms with E-state index in [9.17, 15) is 4.79 Å². The van der Waals surface area contributed by atoms with Crippen LogP contribution >= 0.6 is 34.8 Å². The van der Waals surface area contributed by atoms with Gasteiger partial charge < -0.3 is 0 Å². The second-order valence-electron chi connectivity index (χ2n) is 7.82. The third-order valence-electron chi connectivity index (χ3n) is 5.66. The highest BCUT2D eigenvalue weighted by atomic mass is 35.5. The zero-order valence-corrected chi connectivity index (χ0v) is 19.7. The van der Waals surface area contributed by atoms with Crippen molar-refractivity contribution < 1.29 is 0 Å². The molecular formula is C25H14Cl3N5O. The van der Waals surface area contributed by atoms with Crippen molar-refractivity contribution in [3.8, 4) is 5.69 Å². The molecule has 0 aliphatic heterocycles. The summed E-state index contributed by atoms with van der Waals surface area (Å²) in [5.74, 6) is 0. The molecule has 166 valence electrons. The van der Waals surface area contributed by atoms with Crippen molar-refractivity contribution in [3.05, 3.63) is 104 Å². The molecule has 6 rings (SSSR count). The molecule has 6 aromatic rings. The van der Waals surface area contributed by atoms with Gasteiger partial charge in [-0.3, -0.25) is 13.9 Å². The molecule has 3 aromatic carbocycles. The number of nitrogens with zero attached hydrogens (tertiary/aromatic N) is 5. The number of hydrogen-bond donors (Lipinski definition) is 0. The largest absolute Gasteiger partial charge is 0.294 e. The summed E-state index contributed by atoms with van der Waals surface area (Å²) in [5.41, 5.74) is 4.23. The van der Waals surface area contributed by atoms with Gasteiger partial charge in [-0.25, -0.2) is 15.0 Å². The van der Waals surface area contributed by atoms with Gasteiger partial charge in [-0.1, -0.05) is 59.1 Å². The van der Waals surface area contributed by atoms with Gasteiger partial charge in [0.1, 0.15) is 17.2 Å². The lowest BCUT2D eigenvalue weighted by Crippen LogP contribution is -2.21. The summed E-state index contributed by atoms with van der Waals surface area (Å²) in [6.07, 6.45) is 1.53. The van der Waals surface area contributed by atoms with Gasteiger partial charge >= 0.3 is 0 Å². The summed E-state index contributed by atoms with van der Waals surface area (Å²) in [5, 5.41) is 1.84. The SMILES string of the molecule is O=c1c2c3nc4ccccc4nc3n(-c3ccc(Cl)c(Cl)c3)c2ncn1Cc1ccc(Cl)cc1. The fraction of sp³-hybridized carbons (Fsp3) is 0.0400. The predicted octanol–water partition coefficient (Wildman–Crippen LogP) is 6.29. The van der Waals surface area contributed by atoms with E-state index in [1.165, 1.54) is 6.33 Å². The summed E-state index contributed by atoms with van der Waals surface area (Å²) in [4.78, 5) is 28.0. The highest BCUT2D eigenvalue weighted by molar-refractivity contribution is 6.42. The molecule has 0 bridgehead atoms. The predicted molar refractivity (Wildman–Crippen MR) is 137 cm³/mol. The fourth-order valence-corrected chi connectivity index (χ4v) is 4.46. The minimum absolute atomic E-state index is 0.214. The Morgan fingerprint density at radius 3 is 2.26 bits per heavy atom. The van der Waals surface area contributed by atoms with E-state index in [4.69, 9.17) is 44.8 Å². The quantitative estimate of drug-likeness (QED) is 0.283. The molecule has 0 saturated heterocycles. The van der Waals surface area contributed by atoms with E-state index in [2.05, 4.69) is 4.98 Å². The van der Waals surface area contributed by atoms with Crippen LogP contribution in [0.25, 0.3) is 38.9 Å². The van der Waals surface area contributed by atoms with Crippen LogP contribution in [0.2, 0.25) is 15.1 Å². The molecule has 0 aliphatic carbocycles. The number of benzene rings is 3. The first-order valence-electron chi connectivity index (χ1n) is 10.4. The molecule has 0 N–H and O–H groups in total. The number of hydrogen-bond acceptors (Lipinski definition) is 4. The Morgan fingerprint density at radius 2 is 1.53 bits per heavy atom. The Bertz CT molecular complexity index is 1790. The molecule has 3 aromatic heterocycles. The third kappa shape index (κ3) is 3.42. The van der Waals surface area contributed by atoms with Crippen LogP contribution in [-0.2, 0) is 6.54 Å². The molecule has 0 fully saturated rings. The number of para-hydroxylation sites is 2. The summed E-state index contributed by atoms with van der Waals surface area (Å²) in [6, 6.07) is 20.1. The van der Waals surface area contributed by atoms with Crippen LogP contribution in [-0.4, -0.2) is 24.1 Å². The van der Waals surface area contributed by atoms with Gasteiger partial charge in [-0.15, -0.1) is 0 Å². The zero-order chi connectivity index (χ0) is 23.4. The number of aromatic nitrogens is 5. The van der Waals surface area contributed by atoms with Crippen molar-refractivity contribution >= 4 is 68.0 Å². The summed E-state index contributed by atoms with van der Waals surface area (Å²) >= 11 is 18.5. The Kier molecular flexibility index (Phi) is 5.03. The summed E-state index contributed by atoms with van der Waals surface area (Å²) in [6.45, 7) is 0.347. The van der Waals surface area contributed by atoms with Crippen LogP contribution in [0.4, 0.5) is 0 Å². The van der Waals surface area contributed by atoms with Crippen LogP contribution in [0.15, 0.2) is 77.9 Å². The Balaban J connectivity index is 1.67. The standard InChI is InChI=1S/C25H14Cl3N5O/c26-15-7-5-14(6-8-15)12-32-13-29-23-21(25(32)34)22-24(31-20-4-2-1-3-19(20)30-22)33(23)16-9-10-17(27)18(28)11-16/h1-11,13H,12H2. The average molecular weight is 507 g/mol. The molecule has 0 unspecified atom stereocenters. The topological polar surface area (TPSA) is 65.6 Å². The number of rotatable bonds is 3. The van der Waals surface area contributed by atoms with E-state index in [0.717, 1.165) is 5.56 Å². The van der Waals surface area contributed by atoms with Crippen molar-refractivity contribution in [2.45, 2.75) is 6.54 Å². The van der Waals surface area contributed by atoms with Crippen molar-refractivity contribution in [2.24, 2.45) is 0 Å². The van der Waals surface area contributed by atoms with Gasteiger partial charge in [0.05, 0.1) is 33.3 Å². The van der Waals surface area contributed by atoms with Gasteiger partial charge in [-0.2, -0.15) is 0 Å². The molecule has 34 heavy (non-hydrogen) atoms. The van der Waals surface area contributed by atoms with Gasteiger partial charge in [0.2, 0.25) is 0 Å². The van der Waals surface area contributed by atoms with Gasteiger partial charge in [0.15, 0.2) is 11.3 Å². The summed E-state index contributed by atoms with van der Waals surface area (Å²) in [7, 11) is 0. The zero-order valence-electron chi connectivity index (χ0n) is 17.4. The molecule has 0 atom stereocenters. The van der Waals surface area contributed by atoms with Crippen LogP contribution < -0.4 is 5.56 Å². The maximum atomic E-state index is 13.7. The fourth-order valence-electron chi connectivity index (χ4n) is 4.04. The molecule has 6 nitrogen and oxygen atoms in total. The lowest BCUT2D eigenvalue weighted by Gasteiger charge is -2.09. The second kappa shape index (κ2) is 8.09. The van der Waals surface area contributed by atoms with Gasteiger partial charge in [0, 0.05) is 5.02 Å². The average Bonchev–Trinajstić information content (AvgIpc) is 3.16. The van der Waals surface area contributed by atoms with Crippen LogP contribution in [0.5, 0.6) is 0 Å². The van der Waals surface area contributed by atoms with Crippen LogP contribution in [0.3, 0.4) is 0 Å². The van der Waals surface area contributed by atoms with Crippen molar-refractivity contribution in [2.75, 3.05) is 0 Å². The first-order chi connectivity index (χ1) is 16.5. The lowest BCUT2D eigenvalue weighted by molar-refractivity contribution is 0.747.